The summed E-state index contributed by atoms with van der Waals surface area (Å²) in [5.74, 6) is 1.18. The Morgan fingerprint density at radius 2 is 1.74 bits per heavy atom. The van der Waals surface area contributed by atoms with E-state index in [2.05, 4.69) is 15.6 Å². The molecule has 2 aromatic rings. The molecule has 0 aliphatic carbocycles. The Bertz CT molecular complexity index is 1030. The maximum absolute atomic E-state index is 11.9. The first-order valence-corrected chi connectivity index (χ1v) is 13.2. The average molecular weight is 563 g/mol. The summed E-state index contributed by atoms with van der Waals surface area (Å²) >= 11 is 5.87. The SMILES string of the molecule is COCCOCCOC(=O)OC(C)[n+]1ccc(N/C(=N\CCCCCCOc2ccc(Cl)cc2)NC#N)cc1. The lowest BCUT2D eigenvalue weighted by Gasteiger charge is -2.11. The van der Waals surface area contributed by atoms with Gasteiger partial charge in [-0.3, -0.25) is 10.3 Å². The van der Waals surface area contributed by atoms with Gasteiger partial charge in [-0.15, -0.1) is 0 Å². The second-order valence-corrected chi connectivity index (χ2v) is 8.70. The van der Waals surface area contributed by atoms with Gasteiger partial charge in [-0.05, 0) is 43.5 Å². The van der Waals surface area contributed by atoms with Crippen LogP contribution in [0, 0.1) is 11.5 Å². The monoisotopic (exact) mass is 562 g/mol. The molecule has 0 aliphatic heterocycles. The summed E-state index contributed by atoms with van der Waals surface area (Å²) in [5, 5.41) is 15.4. The van der Waals surface area contributed by atoms with Crippen molar-refractivity contribution in [3.63, 3.8) is 0 Å². The number of nitriles is 1. The van der Waals surface area contributed by atoms with Crippen LogP contribution in [0.4, 0.5) is 10.5 Å². The van der Waals surface area contributed by atoms with Crippen molar-refractivity contribution in [2.45, 2.75) is 38.8 Å². The van der Waals surface area contributed by atoms with Crippen molar-refractivity contribution in [3.8, 4) is 11.9 Å². The third kappa shape index (κ3) is 14.2. The van der Waals surface area contributed by atoms with E-state index in [4.69, 9.17) is 40.5 Å². The first-order chi connectivity index (χ1) is 19.0. The number of carbonyl (C=O) groups is 1. The number of anilines is 1. The van der Waals surface area contributed by atoms with Crippen LogP contribution in [0.3, 0.4) is 0 Å². The first-order valence-electron chi connectivity index (χ1n) is 12.8. The minimum absolute atomic E-state index is 0.0928. The summed E-state index contributed by atoms with van der Waals surface area (Å²) in [5.41, 5.74) is 0.718. The molecule has 1 atom stereocenters. The van der Waals surface area contributed by atoms with Crippen molar-refractivity contribution >= 4 is 29.4 Å². The van der Waals surface area contributed by atoms with Gasteiger partial charge in [0.05, 0.1) is 32.1 Å². The molecule has 39 heavy (non-hydrogen) atoms. The Morgan fingerprint density at radius 3 is 2.46 bits per heavy atom. The van der Waals surface area contributed by atoms with Crippen LogP contribution in [0.1, 0.15) is 38.8 Å². The molecule has 1 heterocycles. The summed E-state index contributed by atoms with van der Waals surface area (Å²) in [6.07, 6.45) is 7.87. The highest BCUT2D eigenvalue weighted by atomic mass is 35.5. The van der Waals surface area contributed by atoms with Crippen LogP contribution in [-0.2, 0) is 18.9 Å². The van der Waals surface area contributed by atoms with Crippen molar-refractivity contribution in [2.24, 2.45) is 4.99 Å². The van der Waals surface area contributed by atoms with E-state index in [1.165, 1.54) is 0 Å². The van der Waals surface area contributed by atoms with Crippen molar-refractivity contribution in [2.75, 3.05) is 52.0 Å². The van der Waals surface area contributed by atoms with Gasteiger partial charge in [-0.1, -0.05) is 18.0 Å². The fourth-order valence-electron chi connectivity index (χ4n) is 3.21. The number of unbranched alkanes of at least 4 members (excludes halogenated alkanes) is 3. The van der Waals surface area contributed by atoms with Gasteiger partial charge in [-0.25, -0.2) is 4.79 Å². The van der Waals surface area contributed by atoms with Crippen molar-refractivity contribution in [1.82, 2.24) is 5.32 Å². The van der Waals surface area contributed by atoms with Gasteiger partial charge >= 0.3 is 12.4 Å². The van der Waals surface area contributed by atoms with Crippen molar-refractivity contribution in [3.05, 3.63) is 53.8 Å². The number of nitrogens with one attached hydrogen (secondary N) is 2. The normalized spacial score (nSPS) is 11.8. The Balaban J connectivity index is 1.66. The van der Waals surface area contributed by atoms with E-state index in [0.29, 0.717) is 37.3 Å². The molecule has 0 spiro atoms. The van der Waals surface area contributed by atoms with Crippen LogP contribution in [0.5, 0.6) is 5.75 Å². The summed E-state index contributed by atoms with van der Waals surface area (Å²) in [6, 6.07) is 10.9. The minimum atomic E-state index is -0.783. The smallest absolute Gasteiger partial charge is 0.494 e. The number of rotatable bonds is 17. The largest absolute Gasteiger partial charge is 0.513 e. The second-order valence-electron chi connectivity index (χ2n) is 8.26. The number of benzene rings is 1. The lowest BCUT2D eigenvalue weighted by atomic mass is 10.2. The predicted octanol–water partition coefficient (Wildman–Crippen LogP) is 4.44. The summed E-state index contributed by atoms with van der Waals surface area (Å²) in [4.78, 5) is 16.3. The van der Waals surface area contributed by atoms with E-state index >= 15 is 0 Å². The fourth-order valence-corrected chi connectivity index (χ4v) is 3.33. The van der Waals surface area contributed by atoms with Gasteiger partial charge in [0.1, 0.15) is 12.4 Å². The zero-order valence-corrected chi connectivity index (χ0v) is 23.2. The quantitative estimate of drug-likeness (QED) is 0.0547. The molecule has 0 radical (unpaired) electrons. The van der Waals surface area contributed by atoms with Gasteiger partial charge in [-0.2, -0.15) is 9.83 Å². The van der Waals surface area contributed by atoms with Crippen LogP contribution >= 0.6 is 11.6 Å². The number of methoxy groups -OCH3 is 1. The minimum Gasteiger partial charge on any atom is -0.494 e. The van der Waals surface area contributed by atoms with Gasteiger partial charge in [0.2, 0.25) is 5.96 Å². The number of hydrogen-bond acceptors (Lipinski definition) is 8. The van der Waals surface area contributed by atoms with E-state index in [0.717, 1.165) is 37.1 Å². The number of hydrogen-bond donors (Lipinski definition) is 2. The van der Waals surface area contributed by atoms with Gasteiger partial charge in [0, 0.05) is 37.7 Å². The highest BCUT2D eigenvalue weighted by Gasteiger charge is 2.18. The van der Waals surface area contributed by atoms with Crippen molar-refractivity contribution in [1.29, 1.82) is 5.26 Å². The van der Waals surface area contributed by atoms with Gasteiger partial charge in [0.15, 0.2) is 18.6 Å². The summed E-state index contributed by atoms with van der Waals surface area (Å²) in [6.45, 7) is 4.21. The predicted molar refractivity (Wildman–Crippen MR) is 147 cm³/mol. The number of carbonyl (C=O) groups excluding carboxylic acids is 1. The van der Waals surface area contributed by atoms with Crippen LogP contribution in [-0.4, -0.2) is 58.8 Å². The van der Waals surface area contributed by atoms with Crippen LogP contribution in [0.25, 0.3) is 0 Å². The lowest BCUT2D eigenvalue weighted by Crippen LogP contribution is -2.40. The molecule has 0 bridgehead atoms. The first kappa shape index (κ1) is 31.6. The van der Waals surface area contributed by atoms with Crippen LogP contribution in [0.2, 0.25) is 5.02 Å². The Labute approximate surface area is 234 Å². The molecular weight excluding hydrogens is 526 g/mol. The molecule has 0 fully saturated rings. The Kier molecular flexibility index (Phi) is 15.8. The molecule has 11 nitrogen and oxygen atoms in total. The molecule has 1 aromatic heterocycles. The van der Waals surface area contributed by atoms with E-state index in [9.17, 15) is 4.79 Å². The molecule has 12 heteroatoms. The van der Waals surface area contributed by atoms with E-state index < -0.39 is 12.4 Å². The van der Waals surface area contributed by atoms with E-state index in [-0.39, 0.29) is 13.2 Å². The van der Waals surface area contributed by atoms with Gasteiger partial charge in [0.25, 0.3) is 0 Å². The third-order valence-electron chi connectivity index (χ3n) is 5.26. The molecular formula is C27H37ClN5O6+. The molecule has 0 amide bonds. The van der Waals surface area contributed by atoms with E-state index in [1.54, 1.807) is 43.1 Å². The number of aliphatic imine (C=N–C) groups is 1. The fraction of sp³-hybridized carbons (Fsp3) is 0.481. The number of halogens is 1. The third-order valence-corrected chi connectivity index (χ3v) is 5.51. The number of ether oxygens (including phenoxy) is 5. The zero-order chi connectivity index (χ0) is 28.1. The molecule has 0 saturated carbocycles. The average Bonchev–Trinajstić information content (AvgIpc) is 2.93. The Hall–Kier alpha value is -3.59. The molecule has 1 aromatic carbocycles. The maximum atomic E-state index is 11.9. The van der Waals surface area contributed by atoms with Gasteiger partial charge < -0.3 is 29.0 Å². The standard InChI is InChI=1S/C27H36ClN5O6/c1-22(39-27(34)38-20-19-36-18-17-35-2)33-14-11-24(12-15-33)32-26(31-21-29)30-13-5-3-4-6-16-37-25-9-7-23(28)8-10-25/h7-12,14-15,22H,3-6,13,16-20H2,1-2H3,(H,30,31)/p+1. The van der Waals surface area contributed by atoms with Crippen molar-refractivity contribution < 1.29 is 33.0 Å². The van der Waals surface area contributed by atoms with Crippen LogP contribution in [0.15, 0.2) is 53.8 Å². The number of guanidine groups is 1. The molecule has 0 saturated heterocycles. The van der Waals surface area contributed by atoms with Crippen LogP contribution < -0.4 is 19.9 Å². The topological polar surface area (TPSA) is 127 Å². The highest BCUT2D eigenvalue weighted by molar-refractivity contribution is 6.30. The molecule has 212 valence electrons. The summed E-state index contributed by atoms with van der Waals surface area (Å²) in [7, 11) is 1.58. The zero-order valence-electron chi connectivity index (χ0n) is 22.4. The molecule has 2 N–H and O–H groups in total. The number of nitrogens with zero attached hydrogens (tertiary/aromatic N) is 3. The molecule has 2 rings (SSSR count). The number of aromatic nitrogens is 1. The highest BCUT2D eigenvalue weighted by Crippen LogP contribution is 2.16. The second kappa shape index (κ2) is 19.5. The van der Waals surface area contributed by atoms with E-state index in [1.807, 2.05) is 30.5 Å². The summed E-state index contributed by atoms with van der Waals surface area (Å²) < 4.78 is 27.8. The number of pyridine rings is 1. The molecule has 0 aliphatic rings. The maximum Gasteiger partial charge on any atom is 0.513 e. The Morgan fingerprint density at radius 1 is 1.03 bits per heavy atom. The molecule has 1 unspecified atom stereocenters. The lowest BCUT2D eigenvalue weighted by molar-refractivity contribution is -0.753.